The fourth-order valence-electron chi connectivity index (χ4n) is 1.94. The predicted molar refractivity (Wildman–Crippen MR) is 77.7 cm³/mol. The van der Waals surface area contributed by atoms with Crippen LogP contribution in [-0.4, -0.2) is 14.5 Å². The van der Waals surface area contributed by atoms with Crippen LogP contribution in [0.25, 0.3) is 11.0 Å². The van der Waals surface area contributed by atoms with E-state index in [-0.39, 0.29) is 0 Å². The van der Waals surface area contributed by atoms with Gasteiger partial charge in [0.1, 0.15) is 0 Å². The van der Waals surface area contributed by atoms with Gasteiger partial charge in [0.15, 0.2) is 0 Å². The first-order valence-electron chi connectivity index (χ1n) is 5.52. The van der Waals surface area contributed by atoms with Crippen molar-refractivity contribution < 1.29 is 0 Å². The number of imidazole rings is 1. The van der Waals surface area contributed by atoms with Gasteiger partial charge >= 0.3 is 0 Å². The number of hydrogen-bond acceptors (Lipinski definition) is 4. The van der Waals surface area contributed by atoms with Crippen LogP contribution in [0.15, 0.2) is 33.6 Å². The minimum Gasteiger partial charge on any atom is -0.369 e. The number of aryl methyl sites for hydroxylation is 2. The first-order chi connectivity index (χ1) is 8.74. The number of fused-ring (bicyclic) bond motifs is 1. The van der Waals surface area contributed by atoms with E-state index in [0.717, 1.165) is 34.2 Å². The number of nitrogen functional groups attached to an aromatic ring is 1. The molecule has 0 saturated heterocycles. The molecule has 18 heavy (non-hydrogen) atoms. The van der Waals surface area contributed by atoms with Crippen molar-refractivity contribution in [3.63, 3.8) is 0 Å². The quantitative estimate of drug-likeness (QED) is 0.806. The summed E-state index contributed by atoms with van der Waals surface area (Å²) in [5.74, 6) is 0.554. The highest BCUT2D eigenvalue weighted by atomic mass is 79.9. The van der Waals surface area contributed by atoms with Gasteiger partial charge in [0.05, 0.1) is 22.2 Å². The second-order valence-corrected chi connectivity index (χ2v) is 5.62. The lowest BCUT2D eigenvalue weighted by molar-refractivity contribution is 0.716. The summed E-state index contributed by atoms with van der Waals surface area (Å²) in [7, 11) is 0. The van der Waals surface area contributed by atoms with Crippen molar-refractivity contribution >= 4 is 44.2 Å². The van der Waals surface area contributed by atoms with Gasteiger partial charge in [-0.05, 0) is 18.2 Å². The van der Waals surface area contributed by atoms with Gasteiger partial charge in [-0.15, -0.1) is 11.3 Å². The molecule has 2 N–H and O–H groups in total. The lowest BCUT2D eigenvalue weighted by Crippen LogP contribution is -2.05. The Balaban J connectivity index is 1.93. The van der Waals surface area contributed by atoms with Crippen LogP contribution in [0.2, 0.25) is 0 Å². The molecule has 0 atom stereocenters. The lowest BCUT2D eigenvalue weighted by atomic mass is 10.3. The van der Waals surface area contributed by atoms with Crippen molar-refractivity contribution in [3.05, 3.63) is 39.3 Å². The van der Waals surface area contributed by atoms with Crippen molar-refractivity contribution in [1.82, 2.24) is 14.5 Å². The number of anilines is 1. The van der Waals surface area contributed by atoms with Gasteiger partial charge in [-0.2, -0.15) is 0 Å². The van der Waals surface area contributed by atoms with Crippen molar-refractivity contribution in [1.29, 1.82) is 0 Å². The summed E-state index contributed by atoms with van der Waals surface area (Å²) in [6.07, 6.45) is 0.870. The van der Waals surface area contributed by atoms with E-state index in [1.807, 2.05) is 28.3 Å². The number of nitrogens with zero attached hydrogens (tertiary/aromatic N) is 3. The third kappa shape index (κ3) is 2.13. The Labute approximate surface area is 117 Å². The Morgan fingerprint density at radius 1 is 1.39 bits per heavy atom. The van der Waals surface area contributed by atoms with E-state index < -0.39 is 0 Å². The minimum atomic E-state index is 0.554. The summed E-state index contributed by atoms with van der Waals surface area (Å²) in [5.41, 5.74) is 10.9. The number of rotatable bonds is 3. The number of hydrogen-bond donors (Lipinski definition) is 1. The van der Waals surface area contributed by atoms with Gasteiger partial charge < -0.3 is 10.3 Å². The summed E-state index contributed by atoms with van der Waals surface area (Å²) >= 11 is 5.05. The number of nitrogens with two attached hydrogens (primary N) is 1. The topological polar surface area (TPSA) is 56.7 Å². The van der Waals surface area contributed by atoms with E-state index in [9.17, 15) is 0 Å². The van der Waals surface area contributed by atoms with Crippen molar-refractivity contribution in [3.8, 4) is 0 Å². The van der Waals surface area contributed by atoms with Crippen LogP contribution in [0.5, 0.6) is 0 Å². The van der Waals surface area contributed by atoms with Gasteiger partial charge in [0.2, 0.25) is 5.95 Å². The van der Waals surface area contributed by atoms with Gasteiger partial charge in [0, 0.05) is 22.8 Å². The molecule has 2 heterocycles. The Hall–Kier alpha value is -1.40. The van der Waals surface area contributed by atoms with Crippen LogP contribution in [0.4, 0.5) is 5.95 Å². The SMILES string of the molecule is Nc1nc2cc(Br)ccc2n1CCc1cscn1. The summed E-state index contributed by atoms with van der Waals surface area (Å²) < 4.78 is 3.04. The maximum Gasteiger partial charge on any atom is 0.201 e. The fraction of sp³-hybridized carbons (Fsp3) is 0.167. The molecule has 3 aromatic rings. The molecule has 0 amide bonds. The predicted octanol–water partition coefficient (Wildman–Crippen LogP) is 3.08. The van der Waals surface area contributed by atoms with E-state index in [2.05, 4.69) is 31.3 Å². The molecule has 0 radical (unpaired) electrons. The molecule has 4 nitrogen and oxygen atoms in total. The van der Waals surface area contributed by atoms with E-state index in [0.29, 0.717) is 5.95 Å². The molecule has 0 aliphatic rings. The Morgan fingerprint density at radius 3 is 3.06 bits per heavy atom. The molecule has 0 fully saturated rings. The van der Waals surface area contributed by atoms with Crippen molar-refractivity contribution in [2.45, 2.75) is 13.0 Å². The van der Waals surface area contributed by atoms with Gasteiger partial charge in [-0.1, -0.05) is 15.9 Å². The zero-order valence-corrected chi connectivity index (χ0v) is 11.9. The maximum absolute atomic E-state index is 5.96. The highest BCUT2D eigenvalue weighted by Crippen LogP contribution is 2.22. The molecule has 0 aliphatic heterocycles. The third-order valence-electron chi connectivity index (χ3n) is 2.81. The van der Waals surface area contributed by atoms with Gasteiger partial charge in [-0.25, -0.2) is 9.97 Å². The lowest BCUT2D eigenvalue weighted by Gasteiger charge is -2.04. The summed E-state index contributed by atoms with van der Waals surface area (Å²) in [6, 6.07) is 6.01. The monoisotopic (exact) mass is 322 g/mol. The van der Waals surface area contributed by atoms with Crippen LogP contribution >= 0.6 is 27.3 Å². The van der Waals surface area contributed by atoms with Gasteiger partial charge in [-0.3, -0.25) is 0 Å². The molecule has 0 spiro atoms. The highest BCUT2D eigenvalue weighted by Gasteiger charge is 2.08. The second kappa shape index (κ2) is 4.70. The third-order valence-corrected chi connectivity index (χ3v) is 3.94. The Morgan fingerprint density at radius 2 is 2.28 bits per heavy atom. The molecular weight excluding hydrogens is 312 g/mol. The fourth-order valence-corrected chi connectivity index (χ4v) is 2.89. The van der Waals surface area contributed by atoms with E-state index in [1.165, 1.54) is 0 Å². The van der Waals surface area contributed by atoms with E-state index in [4.69, 9.17) is 5.73 Å². The van der Waals surface area contributed by atoms with E-state index >= 15 is 0 Å². The first-order valence-corrected chi connectivity index (χ1v) is 7.26. The van der Waals surface area contributed by atoms with Crippen LogP contribution in [0, 0.1) is 0 Å². The first kappa shape index (κ1) is 11.7. The average Bonchev–Trinajstić information content (AvgIpc) is 2.93. The second-order valence-electron chi connectivity index (χ2n) is 3.98. The van der Waals surface area contributed by atoms with Crippen molar-refractivity contribution in [2.24, 2.45) is 0 Å². The number of thiazole rings is 1. The van der Waals surface area contributed by atoms with Crippen LogP contribution in [-0.2, 0) is 13.0 Å². The zero-order valence-electron chi connectivity index (χ0n) is 9.51. The van der Waals surface area contributed by atoms with Crippen LogP contribution < -0.4 is 5.73 Å². The molecule has 0 saturated carbocycles. The molecule has 1 aromatic carbocycles. The van der Waals surface area contributed by atoms with Gasteiger partial charge in [0.25, 0.3) is 0 Å². The van der Waals surface area contributed by atoms with Crippen LogP contribution in [0.3, 0.4) is 0 Å². The molecule has 6 heteroatoms. The number of aromatic nitrogens is 3. The smallest absolute Gasteiger partial charge is 0.201 e. The standard InChI is InChI=1S/C12H11BrN4S/c13-8-1-2-11-10(5-8)16-12(14)17(11)4-3-9-6-18-7-15-9/h1-2,5-7H,3-4H2,(H2,14,16). The normalized spacial score (nSPS) is 11.2. The largest absolute Gasteiger partial charge is 0.369 e. The maximum atomic E-state index is 5.96. The minimum absolute atomic E-state index is 0.554. The molecule has 0 bridgehead atoms. The Kier molecular flexibility index (Phi) is 3.05. The number of halogens is 1. The average molecular weight is 323 g/mol. The molecule has 3 rings (SSSR count). The number of benzene rings is 1. The Bertz CT molecular complexity index is 675. The molecular formula is C12H11BrN4S. The molecule has 0 unspecified atom stereocenters. The summed E-state index contributed by atoms with van der Waals surface area (Å²) in [6.45, 7) is 0.799. The zero-order chi connectivity index (χ0) is 12.5. The van der Waals surface area contributed by atoms with Crippen LogP contribution in [0.1, 0.15) is 5.69 Å². The highest BCUT2D eigenvalue weighted by molar-refractivity contribution is 9.10. The summed E-state index contributed by atoms with van der Waals surface area (Å²) in [4.78, 5) is 8.64. The van der Waals surface area contributed by atoms with Crippen molar-refractivity contribution in [2.75, 3.05) is 5.73 Å². The molecule has 2 aromatic heterocycles. The molecule has 0 aliphatic carbocycles. The molecule has 92 valence electrons. The van der Waals surface area contributed by atoms with E-state index in [1.54, 1.807) is 11.3 Å². The summed E-state index contributed by atoms with van der Waals surface area (Å²) in [5, 5.41) is 2.06.